The molecule has 0 spiro atoms. The summed E-state index contributed by atoms with van der Waals surface area (Å²) in [5.41, 5.74) is 1.79. The van der Waals surface area contributed by atoms with Crippen LogP contribution in [0.15, 0.2) is 48.5 Å². The Morgan fingerprint density at radius 1 is 0.944 bits per heavy atom. The molecule has 3 heteroatoms. The molecule has 0 heterocycles. The largest absolute Gasteiger partial charge is 0.497 e. The van der Waals surface area contributed by atoms with Crippen LogP contribution >= 0.6 is 0 Å². The first-order valence-corrected chi connectivity index (χ1v) is 5.77. The molecule has 94 valence electrons. The summed E-state index contributed by atoms with van der Waals surface area (Å²) in [5.74, 6) is 1.55. The maximum atomic E-state index is 9.17. The predicted octanol–water partition coefficient (Wildman–Crippen LogP) is 2.77. The third-order valence-corrected chi connectivity index (χ3v) is 2.59. The Bertz CT molecular complexity index is 472. The number of hydrogen-bond acceptors (Lipinski definition) is 3. The van der Waals surface area contributed by atoms with E-state index in [4.69, 9.17) is 9.47 Å². The summed E-state index contributed by atoms with van der Waals surface area (Å²) in [7, 11) is 1.61. The number of hydrogen-bond donors (Lipinski definition) is 1. The fraction of sp³-hybridized carbons (Fsp3) is 0.200. The molecule has 0 aliphatic heterocycles. The van der Waals surface area contributed by atoms with Crippen molar-refractivity contribution in [2.45, 2.75) is 13.2 Å². The second kappa shape index (κ2) is 6.07. The van der Waals surface area contributed by atoms with Crippen molar-refractivity contribution >= 4 is 0 Å². The third-order valence-electron chi connectivity index (χ3n) is 2.59. The molecule has 0 radical (unpaired) electrons. The summed E-state index contributed by atoms with van der Waals surface area (Å²) in [6.07, 6.45) is 0. The van der Waals surface area contributed by atoms with E-state index in [9.17, 15) is 5.11 Å². The van der Waals surface area contributed by atoms with Crippen LogP contribution in [0.5, 0.6) is 11.5 Å². The summed E-state index contributed by atoms with van der Waals surface area (Å²) in [5, 5.41) is 9.17. The normalized spacial score (nSPS) is 10.1. The van der Waals surface area contributed by atoms with E-state index in [0.29, 0.717) is 6.61 Å². The molecule has 0 atom stereocenters. The number of ether oxygens (including phenoxy) is 2. The van der Waals surface area contributed by atoms with Gasteiger partial charge in [-0.3, -0.25) is 0 Å². The fourth-order valence-electron chi connectivity index (χ4n) is 1.70. The average Bonchev–Trinajstić information content (AvgIpc) is 2.45. The van der Waals surface area contributed by atoms with Crippen LogP contribution in [-0.4, -0.2) is 12.2 Å². The van der Waals surface area contributed by atoms with E-state index < -0.39 is 0 Å². The van der Waals surface area contributed by atoms with Crippen molar-refractivity contribution < 1.29 is 14.6 Å². The van der Waals surface area contributed by atoms with Crippen molar-refractivity contribution in [1.29, 1.82) is 0 Å². The minimum Gasteiger partial charge on any atom is -0.497 e. The van der Waals surface area contributed by atoms with Gasteiger partial charge in [-0.05, 0) is 41.5 Å². The zero-order valence-corrected chi connectivity index (χ0v) is 10.3. The number of rotatable bonds is 5. The molecular weight excluding hydrogens is 228 g/mol. The van der Waals surface area contributed by atoms with Crippen molar-refractivity contribution in [3.8, 4) is 11.5 Å². The summed E-state index contributed by atoms with van der Waals surface area (Å²) in [6.45, 7) is 0.448. The first-order chi connectivity index (χ1) is 8.81. The highest BCUT2D eigenvalue weighted by Gasteiger charge is 2.02. The van der Waals surface area contributed by atoms with E-state index in [2.05, 4.69) is 0 Å². The Hall–Kier alpha value is -2.00. The van der Waals surface area contributed by atoms with E-state index >= 15 is 0 Å². The molecular formula is C15H16O3. The van der Waals surface area contributed by atoms with Crippen molar-refractivity contribution in [3.63, 3.8) is 0 Å². The highest BCUT2D eigenvalue weighted by molar-refractivity contribution is 5.34. The van der Waals surface area contributed by atoms with Crippen LogP contribution in [0.2, 0.25) is 0 Å². The van der Waals surface area contributed by atoms with Gasteiger partial charge in [-0.25, -0.2) is 0 Å². The van der Waals surface area contributed by atoms with Crippen molar-refractivity contribution in [3.05, 3.63) is 59.7 Å². The van der Waals surface area contributed by atoms with Crippen LogP contribution in [0.3, 0.4) is 0 Å². The van der Waals surface area contributed by atoms with Crippen molar-refractivity contribution in [1.82, 2.24) is 0 Å². The minimum atomic E-state index is -0.00443. The molecule has 0 saturated heterocycles. The first kappa shape index (κ1) is 12.5. The van der Waals surface area contributed by atoms with Gasteiger partial charge in [0.25, 0.3) is 0 Å². The summed E-state index contributed by atoms with van der Waals surface area (Å²) in [4.78, 5) is 0. The van der Waals surface area contributed by atoms with Gasteiger partial charge in [0.15, 0.2) is 0 Å². The number of methoxy groups -OCH3 is 1. The van der Waals surface area contributed by atoms with Gasteiger partial charge in [0, 0.05) is 0 Å². The summed E-state index contributed by atoms with van der Waals surface area (Å²) >= 11 is 0. The van der Waals surface area contributed by atoms with E-state index in [1.165, 1.54) is 0 Å². The molecule has 18 heavy (non-hydrogen) atoms. The zero-order valence-electron chi connectivity index (χ0n) is 10.3. The van der Waals surface area contributed by atoms with Crippen LogP contribution in [0.25, 0.3) is 0 Å². The standard InChI is InChI=1S/C15H16O3/c1-17-15-8-12(10-16)7-13(9-15)11-18-14-5-3-2-4-6-14/h2-9,16H,10-11H2,1H3. The van der Waals surface area contributed by atoms with Gasteiger partial charge in [0.1, 0.15) is 18.1 Å². The number of benzene rings is 2. The van der Waals surface area contributed by atoms with Gasteiger partial charge in [-0.15, -0.1) is 0 Å². The van der Waals surface area contributed by atoms with Gasteiger partial charge in [0.2, 0.25) is 0 Å². The molecule has 0 saturated carbocycles. The van der Waals surface area contributed by atoms with Crippen molar-refractivity contribution in [2.24, 2.45) is 0 Å². The van der Waals surface area contributed by atoms with Gasteiger partial charge < -0.3 is 14.6 Å². The lowest BCUT2D eigenvalue weighted by molar-refractivity contribution is 0.279. The molecule has 3 nitrogen and oxygen atoms in total. The molecule has 0 fully saturated rings. The zero-order chi connectivity index (χ0) is 12.8. The third kappa shape index (κ3) is 3.25. The maximum absolute atomic E-state index is 9.17. The summed E-state index contributed by atoms with van der Waals surface area (Å²) < 4.78 is 10.8. The van der Waals surface area contributed by atoms with E-state index in [1.807, 2.05) is 48.5 Å². The molecule has 0 aromatic heterocycles. The predicted molar refractivity (Wildman–Crippen MR) is 69.7 cm³/mol. The van der Waals surface area contributed by atoms with Crippen LogP contribution in [0.1, 0.15) is 11.1 Å². The maximum Gasteiger partial charge on any atom is 0.119 e. The second-order valence-electron chi connectivity index (χ2n) is 3.95. The van der Waals surface area contributed by atoms with Crippen LogP contribution in [0.4, 0.5) is 0 Å². The minimum absolute atomic E-state index is 0.00443. The smallest absolute Gasteiger partial charge is 0.119 e. The molecule has 2 aromatic rings. The SMILES string of the molecule is COc1cc(CO)cc(COc2ccccc2)c1. The van der Waals surface area contributed by atoms with Gasteiger partial charge in [-0.1, -0.05) is 18.2 Å². The number of aliphatic hydroxyl groups excluding tert-OH is 1. The molecule has 0 aliphatic rings. The van der Waals surface area contributed by atoms with E-state index in [-0.39, 0.29) is 6.61 Å². The molecule has 0 aliphatic carbocycles. The number of aliphatic hydroxyl groups is 1. The van der Waals surface area contributed by atoms with Gasteiger partial charge in [0.05, 0.1) is 13.7 Å². The molecule has 2 rings (SSSR count). The Kier molecular flexibility index (Phi) is 4.20. The lowest BCUT2D eigenvalue weighted by Gasteiger charge is -2.09. The first-order valence-electron chi connectivity index (χ1n) is 5.77. The molecule has 0 amide bonds. The quantitative estimate of drug-likeness (QED) is 0.879. The Balaban J connectivity index is 2.09. The lowest BCUT2D eigenvalue weighted by Crippen LogP contribution is -1.98. The molecule has 0 bridgehead atoms. The van der Waals surface area contributed by atoms with Crippen LogP contribution < -0.4 is 9.47 Å². The van der Waals surface area contributed by atoms with E-state index in [0.717, 1.165) is 22.6 Å². The van der Waals surface area contributed by atoms with Crippen LogP contribution in [-0.2, 0) is 13.2 Å². The highest BCUT2D eigenvalue weighted by atomic mass is 16.5. The molecule has 2 aromatic carbocycles. The molecule has 0 unspecified atom stereocenters. The fourth-order valence-corrected chi connectivity index (χ4v) is 1.70. The second-order valence-corrected chi connectivity index (χ2v) is 3.95. The highest BCUT2D eigenvalue weighted by Crippen LogP contribution is 2.19. The Labute approximate surface area is 107 Å². The monoisotopic (exact) mass is 244 g/mol. The van der Waals surface area contributed by atoms with Crippen molar-refractivity contribution in [2.75, 3.05) is 7.11 Å². The Morgan fingerprint density at radius 3 is 2.33 bits per heavy atom. The molecule has 1 N–H and O–H groups in total. The average molecular weight is 244 g/mol. The van der Waals surface area contributed by atoms with E-state index in [1.54, 1.807) is 7.11 Å². The van der Waals surface area contributed by atoms with Crippen LogP contribution in [0, 0.1) is 0 Å². The van der Waals surface area contributed by atoms with Gasteiger partial charge in [-0.2, -0.15) is 0 Å². The van der Waals surface area contributed by atoms with Gasteiger partial charge >= 0.3 is 0 Å². The topological polar surface area (TPSA) is 38.7 Å². The Morgan fingerprint density at radius 2 is 1.67 bits per heavy atom. The number of para-hydroxylation sites is 1. The lowest BCUT2D eigenvalue weighted by atomic mass is 10.1. The summed E-state index contributed by atoms with van der Waals surface area (Å²) in [6, 6.07) is 15.3.